The summed E-state index contributed by atoms with van der Waals surface area (Å²) in [5, 5.41) is 1.98. The molecule has 0 heterocycles. The van der Waals surface area contributed by atoms with Crippen LogP contribution in [0.25, 0.3) is 0 Å². The summed E-state index contributed by atoms with van der Waals surface area (Å²) in [5.74, 6) is -1.50. The fraction of sp³-hybridized carbons (Fsp3) is 0.235. The summed E-state index contributed by atoms with van der Waals surface area (Å²) < 4.78 is 86.8. The number of hydrogen-bond acceptors (Lipinski definition) is 3. The highest BCUT2D eigenvalue weighted by Gasteiger charge is 2.72. The van der Waals surface area contributed by atoms with Gasteiger partial charge in [-0.05, 0) is 42.5 Å². The number of benzene rings is 2. The highest BCUT2D eigenvalue weighted by Crippen LogP contribution is 2.44. The summed E-state index contributed by atoms with van der Waals surface area (Å²) >= 11 is 11.4. The minimum absolute atomic E-state index is 0.0424. The van der Waals surface area contributed by atoms with E-state index in [0.717, 1.165) is 47.8 Å². The normalized spacial score (nSPS) is 12.4. The van der Waals surface area contributed by atoms with Crippen molar-refractivity contribution in [2.45, 2.75) is 18.0 Å². The second-order valence-electron chi connectivity index (χ2n) is 5.68. The number of carbonyl (C=O) groups is 1. The van der Waals surface area contributed by atoms with Crippen molar-refractivity contribution in [3.8, 4) is 5.75 Å². The first kappa shape index (κ1) is 23.0. The van der Waals surface area contributed by atoms with Gasteiger partial charge in [0.1, 0.15) is 5.75 Å². The lowest BCUT2D eigenvalue weighted by molar-refractivity contribution is -0.294. The molecule has 0 aromatic heterocycles. The standard InChI is InChI=1S/C17H12Cl2F6N2O2/c1-29-11-5-3-10(4-6-11)26-15(16(20,21)22,17(23,24)25)27-14(28)12-7-2-9(18)8-13(12)19/h2-8,26H,1H3,(H,27,28). The summed E-state index contributed by atoms with van der Waals surface area (Å²) in [6.45, 7) is 0. The van der Waals surface area contributed by atoms with E-state index in [4.69, 9.17) is 27.9 Å². The Morgan fingerprint density at radius 1 is 0.931 bits per heavy atom. The zero-order chi connectivity index (χ0) is 22.0. The molecule has 29 heavy (non-hydrogen) atoms. The molecular formula is C17H12Cl2F6N2O2. The summed E-state index contributed by atoms with van der Waals surface area (Å²) in [5.41, 5.74) is -5.98. The Bertz CT molecular complexity index is 871. The number of alkyl halides is 6. The number of ether oxygens (including phenoxy) is 1. The molecule has 2 rings (SSSR count). The number of nitrogens with one attached hydrogen (secondary N) is 2. The fourth-order valence-electron chi connectivity index (χ4n) is 2.28. The highest BCUT2D eigenvalue weighted by atomic mass is 35.5. The Morgan fingerprint density at radius 2 is 1.48 bits per heavy atom. The lowest BCUT2D eigenvalue weighted by atomic mass is 10.1. The van der Waals surface area contributed by atoms with Crippen molar-refractivity contribution in [1.82, 2.24) is 5.32 Å². The van der Waals surface area contributed by atoms with Gasteiger partial charge in [-0.2, -0.15) is 26.3 Å². The van der Waals surface area contributed by atoms with Gasteiger partial charge in [-0.25, -0.2) is 0 Å². The smallest absolute Gasteiger partial charge is 0.439 e. The zero-order valence-corrected chi connectivity index (χ0v) is 15.9. The molecule has 0 fully saturated rings. The van der Waals surface area contributed by atoms with Crippen molar-refractivity contribution in [3.05, 3.63) is 58.1 Å². The molecule has 0 spiro atoms. The SMILES string of the molecule is COc1ccc(NC(NC(=O)c2ccc(Cl)cc2Cl)(C(F)(F)F)C(F)(F)F)cc1. The number of amides is 1. The van der Waals surface area contributed by atoms with Crippen LogP contribution in [0, 0.1) is 0 Å². The van der Waals surface area contributed by atoms with Crippen LogP contribution in [-0.2, 0) is 0 Å². The van der Waals surface area contributed by atoms with Crippen molar-refractivity contribution in [2.24, 2.45) is 0 Å². The van der Waals surface area contributed by atoms with Crippen molar-refractivity contribution in [1.29, 1.82) is 0 Å². The Balaban J connectivity index is 2.52. The summed E-state index contributed by atoms with van der Waals surface area (Å²) in [4.78, 5) is 12.3. The molecule has 0 atom stereocenters. The molecule has 0 aliphatic carbocycles. The van der Waals surface area contributed by atoms with Crippen LogP contribution in [0.3, 0.4) is 0 Å². The van der Waals surface area contributed by atoms with Crippen LogP contribution < -0.4 is 15.4 Å². The van der Waals surface area contributed by atoms with Gasteiger partial charge in [0.15, 0.2) is 0 Å². The van der Waals surface area contributed by atoms with E-state index in [1.165, 1.54) is 12.4 Å². The zero-order valence-electron chi connectivity index (χ0n) is 14.4. The fourth-order valence-corrected chi connectivity index (χ4v) is 2.77. The molecule has 158 valence electrons. The van der Waals surface area contributed by atoms with Gasteiger partial charge in [-0.1, -0.05) is 23.2 Å². The number of hydrogen-bond donors (Lipinski definition) is 2. The maximum Gasteiger partial charge on any atom is 0.439 e. The Hall–Kier alpha value is -2.33. The van der Waals surface area contributed by atoms with Gasteiger partial charge >= 0.3 is 18.0 Å². The molecule has 0 aliphatic rings. The summed E-state index contributed by atoms with van der Waals surface area (Å²) in [7, 11) is 1.27. The van der Waals surface area contributed by atoms with Crippen LogP contribution in [0.2, 0.25) is 10.0 Å². The van der Waals surface area contributed by atoms with Crippen molar-refractivity contribution >= 4 is 34.8 Å². The van der Waals surface area contributed by atoms with Gasteiger partial charge < -0.3 is 15.4 Å². The molecular weight excluding hydrogens is 449 g/mol. The molecule has 2 N–H and O–H groups in total. The monoisotopic (exact) mass is 460 g/mol. The van der Waals surface area contributed by atoms with Crippen LogP contribution >= 0.6 is 23.2 Å². The van der Waals surface area contributed by atoms with Crippen molar-refractivity contribution in [2.75, 3.05) is 12.4 Å². The second kappa shape index (κ2) is 8.19. The van der Waals surface area contributed by atoms with Gasteiger partial charge in [-0.15, -0.1) is 0 Å². The second-order valence-corrected chi connectivity index (χ2v) is 6.52. The van der Waals surface area contributed by atoms with E-state index >= 15 is 0 Å². The molecule has 0 unspecified atom stereocenters. The molecule has 0 radical (unpaired) electrons. The van der Waals surface area contributed by atoms with Crippen molar-refractivity contribution in [3.63, 3.8) is 0 Å². The number of anilines is 1. The molecule has 0 bridgehead atoms. The largest absolute Gasteiger partial charge is 0.497 e. The summed E-state index contributed by atoms with van der Waals surface area (Å²) in [6, 6.07) is 7.19. The van der Waals surface area contributed by atoms with Gasteiger partial charge in [0.05, 0.1) is 17.7 Å². The molecule has 4 nitrogen and oxygen atoms in total. The third-order valence-corrected chi connectivity index (χ3v) is 4.30. The van der Waals surface area contributed by atoms with Gasteiger partial charge in [-0.3, -0.25) is 4.79 Å². The first-order valence-electron chi connectivity index (χ1n) is 7.64. The van der Waals surface area contributed by atoms with Crippen LogP contribution in [0.15, 0.2) is 42.5 Å². The first-order valence-corrected chi connectivity index (χ1v) is 8.39. The summed E-state index contributed by atoms with van der Waals surface area (Å²) in [6.07, 6.45) is -11.9. The average Bonchev–Trinajstić information content (AvgIpc) is 2.59. The van der Waals surface area contributed by atoms with E-state index in [0.29, 0.717) is 0 Å². The number of methoxy groups -OCH3 is 1. The molecule has 0 saturated heterocycles. The molecule has 2 aromatic carbocycles. The van der Waals surface area contributed by atoms with E-state index in [1.807, 2.05) is 0 Å². The Morgan fingerprint density at radius 3 is 1.93 bits per heavy atom. The van der Waals surface area contributed by atoms with Crippen LogP contribution in [0.4, 0.5) is 32.0 Å². The van der Waals surface area contributed by atoms with Crippen LogP contribution in [0.5, 0.6) is 5.75 Å². The van der Waals surface area contributed by atoms with E-state index in [1.54, 1.807) is 0 Å². The predicted molar refractivity (Wildman–Crippen MR) is 95.4 cm³/mol. The minimum Gasteiger partial charge on any atom is -0.497 e. The van der Waals surface area contributed by atoms with Gasteiger partial charge in [0, 0.05) is 10.7 Å². The quantitative estimate of drug-likeness (QED) is 0.446. The predicted octanol–water partition coefficient (Wildman–Crippen LogP) is 5.66. The topological polar surface area (TPSA) is 50.4 Å². The van der Waals surface area contributed by atoms with Crippen LogP contribution in [0.1, 0.15) is 10.4 Å². The Kier molecular flexibility index (Phi) is 6.48. The van der Waals surface area contributed by atoms with E-state index in [2.05, 4.69) is 0 Å². The molecule has 0 aliphatic heterocycles. The third kappa shape index (κ3) is 4.81. The van der Waals surface area contributed by atoms with Crippen LogP contribution in [-0.4, -0.2) is 31.0 Å². The van der Waals surface area contributed by atoms with E-state index in [9.17, 15) is 31.1 Å². The highest BCUT2D eigenvalue weighted by molar-refractivity contribution is 6.36. The number of carbonyl (C=O) groups excluding carboxylic acids is 1. The number of halogens is 8. The van der Waals surface area contributed by atoms with Gasteiger partial charge in [0.2, 0.25) is 0 Å². The van der Waals surface area contributed by atoms with E-state index < -0.39 is 40.2 Å². The third-order valence-electron chi connectivity index (χ3n) is 3.75. The molecule has 0 saturated carbocycles. The minimum atomic E-state index is -5.97. The van der Waals surface area contributed by atoms with Gasteiger partial charge in [0.25, 0.3) is 5.91 Å². The molecule has 12 heteroatoms. The molecule has 2 aromatic rings. The lowest BCUT2D eigenvalue weighted by Gasteiger charge is -2.39. The maximum atomic E-state index is 13.7. The molecule has 1 amide bonds. The van der Waals surface area contributed by atoms with Crippen molar-refractivity contribution < 1.29 is 35.9 Å². The first-order chi connectivity index (χ1) is 13.3. The number of rotatable bonds is 5. The Labute approximate surface area is 170 Å². The average molecular weight is 461 g/mol. The maximum absolute atomic E-state index is 13.7. The lowest BCUT2D eigenvalue weighted by Crippen LogP contribution is -2.72. The van der Waals surface area contributed by atoms with E-state index in [-0.39, 0.29) is 10.8 Å².